The zero-order valence-electron chi connectivity index (χ0n) is 11.4. The number of sulfonamides is 1. The standard InChI is InChI=1S/C14H16N2O3S/c1-10(17)11-3-7-13(8-4-11)20(18,19)16-14(2,9-15)12-5-6-12/h3-4,7-8,12,16H,5-6H2,1-2H3/t14-/m0/s1. The molecule has 0 bridgehead atoms. The van der Waals surface area contributed by atoms with Crippen LogP contribution in [0.5, 0.6) is 0 Å². The van der Waals surface area contributed by atoms with Crippen molar-refractivity contribution >= 4 is 15.8 Å². The van der Waals surface area contributed by atoms with Gasteiger partial charge in [0.05, 0.1) is 11.0 Å². The first-order valence-corrected chi connectivity index (χ1v) is 7.83. The van der Waals surface area contributed by atoms with Crippen molar-refractivity contribution in [1.82, 2.24) is 4.72 Å². The molecule has 0 amide bonds. The van der Waals surface area contributed by atoms with E-state index >= 15 is 0 Å². The SMILES string of the molecule is CC(=O)c1ccc(S(=O)(=O)N[C@@](C)(C#N)C2CC2)cc1. The second-order valence-electron chi connectivity index (χ2n) is 5.27. The molecule has 1 N–H and O–H groups in total. The van der Waals surface area contributed by atoms with Gasteiger partial charge in [-0.25, -0.2) is 8.42 Å². The van der Waals surface area contributed by atoms with Crippen LogP contribution in [0.25, 0.3) is 0 Å². The molecule has 0 unspecified atom stereocenters. The third-order valence-corrected chi connectivity index (χ3v) is 5.13. The highest BCUT2D eigenvalue weighted by Crippen LogP contribution is 2.39. The molecular weight excluding hydrogens is 276 g/mol. The van der Waals surface area contributed by atoms with Crippen molar-refractivity contribution in [1.29, 1.82) is 5.26 Å². The normalized spacial score (nSPS) is 18.1. The van der Waals surface area contributed by atoms with Crippen LogP contribution in [0.2, 0.25) is 0 Å². The molecule has 1 fully saturated rings. The average molecular weight is 292 g/mol. The van der Waals surface area contributed by atoms with E-state index in [1.54, 1.807) is 6.92 Å². The van der Waals surface area contributed by atoms with Gasteiger partial charge >= 0.3 is 0 Å². The van der Waals surface area contributed by atoms with Gasteiger partial charge in [-0.15, -0.1) is 0 Å². The predicted octanol–water partition coefficient (Wildman–Crippen LogP) is 1.86. The zero-order valence-corrected chi connectivity index (χ0v) is 12.2. The van der Waals surface area contributed by atoms with Crippen LogP contribution in [-0.4, -0.2) is 19.7 Å². The molecule has 1 atom stereocenters. The molecule has 1 aromatic rings. The monoisotopic (exact) mass is 292 g/mol. The first-order valence-electron chi connectivity index (χ1n) is 6.35. The van der Waals surface area contributed by atoms with E-state index in [1.807, 2.05) is 0 Å². The first kappa shape index (κ1) is 14.7. The van der Waals surface area contributed by atoms with E-state index in [0.717, 1.165) is 12.8 Å². The number of nitriles is 1. The van der Waals surface area contributed by atoms with Crippen molar-refractivity contribution in [3.05, 3.63) is 29.8 Å². The van der Waals surface area contributed by atoms with Crippen molar-refractivity contribution < 1.29 is 13.2 Å². The number of nitrogens with zero attached hydrogens (tertiary/aromatic N) is 1. The molecule has 0 heterocycles. The van der Waals surface area contributed by atoms with Crippen LogP contribution in [-0.2, 0) is 10.0 Å². The predicted molar refractivity (Wildman–Crippen MR) is 73.5 cm³/mol. The zero-order chi connectivity index (χ0) is 15.0. The lowest BCUT2D eigenvalue weighted by Gasteiger charge is -2.22. The maximum Gasteiger partial charge on any atom is 0.241 e. The number of Topliss-reactive ketones (excluding diaryl/α,β-unsaturated/α-hetero) is 1. The van der Waals surface area contributed by atoms with Crippen molar-refractivity contribution in [3.63, 3.8) is 0 Å². The Bertz CT molecular complexity index is 669. The Kier molecular flexibility index (Phi) is 3.67. The van der Waals surface area contributed by atoms with Crippen molar-refractivity contribution in [2.24, 2.45) is 5.92 Å². The summed E-state index contributed by atoms with van der Waals surface area (Å²) >= 11 is 0. The summed E-state index contributed by atoms with van der Waals surface area (Å²) in [7, 11) is -3.76. The van der Waals surface area contributed by atoms with Crippen LogP contribution in [0.4, 0.5) is 0 Å². The largest absolute Gasteiger partial charge is 0.295 e. The van der Waals surface area contributed by atoms with Gasteiger partial charge in [0.2, 0.25) is 10.0 Å². The number of rotatable bonds is 5. The second-order valence-corrected chi connectivity index (χ2v) is 6.96. The van der Waals surface area contributed by atoms with E-state index in [4.69, 9.17) is 0 Å². The highest BCUT2D eigenvalue weighted by molar-refractivity contribution is 7.89. The summed E-state index contributed by atoms with van der Waals surface area (Å²) in [5, 5.41) is 9.20. The number of ketones is 1. The van der Waals surface area contributed by atoms with Crippen molar-refractivity contribution in [2.75, 3.05) is 0 Å². The molecule has 20 heavy (non-hydrogen) atoms. The number of hydrogen-bond donors (Lipinski definition) is 1. The van der Waals surface area contributed by atoms with Crippen LogP contribution in [0, 0.1) is 17.2 Å². The molecule has 0 saturated heterocycles. The molecule has 0 spiro atoms. The quantitative estimate of drug-likeness (QED) is 0.839. The van der Waals surface area contributed by atoms with E-state index in [1.165, 1.54) is 31.2 Å². The van der Waals surface area contributed by atoms with Crippen LogP contribution in [0.15, 0.2) is 29.2 Å². The summed E-state index contributed by atoms with van der Waals surface area (Å²) in [5.74, 6) is -0.0551. The van der Waals surface area contributed by atoms with Gasteiger partial charge in [-0.1, -0.05) is 12.1 Å². The molecule has 1 aliphatic rings. The van der Waals surface area contributed by atoms with E-state index in [0.29, 0.717) is 5.56 Å². The Morgan fingerprint density at radius 3 is 2.30 bits per heavy atom. The van der Waals surface area contributed by atoms with Crippen molar-refractivity contribution in [2.45, 2.75) is 37.1 Å². The summed E-state index contributed by atoms with van der Waals surface area (Å²) < 4.78 is 27.0. The van der Waals surface area contributed by atoms with Gasteiger partial charge in [0, 0.05) is 5.56 Å². The smallest absolute Gasteiger partial charge is 0.241 e. The number of nitrogens with one attached hydrogen (secondary N) is 1. The van der Waals surface area contributed by atoms with Crippen LogP contribution in [0.1, 0.15) is 37.0 Å². The molecular formula is C14H16N2O3S. The van der Waals surface area contributed by atoms with E-state index in [-0.39, 0.29) is 16.6 Å². The lowest BCUT2D eigenvalue weighted by atomic mass is 10.0. The lowest BCUT2D eigenvalue weighted by Crippen LogP contribution is -2.46. The summed E-state index contributed by atoms with van der Waals surface area (Å²) in [5.41, 5.74) is -0.618. The Balaban J connectivity index is 2.26. The third-order valence-electron chi connectivity index (χ3n) is 3.54. The summed E-state index contributed by atoms with van der Waals surface area (Å²) in [6.45, 7) is 3.02. The summed E-state index contributed by atoms with van der Waals surface area (Å²) in [4.78, 5) is 11.2. The molecule has 0 radical (unpaired) electrons. The highest BCUT2D eigenvalue weighted by atomic mass is 32.2. The van der Waals surface area contributed by atoms with Crippen LogP contribution < -0.4 is 4.72 Å². The fraction of sp³-hybridized carbons (Fsp3) is 0.429. The van der Waals surface area contributed by atoms with E-state index in [9.17, 15) is 18.5 Å². The van der Waals surface area contributed by atoms with Gasteiger partial charge in [0.1, 0.15) is 5.54 Å². The number of benzene rings is 1. The van der Waals surface area contributed by atoms with Gasteiger partial charge < -0.3 is 0 Å². The summed E-state index contributed by atoms with van der Waals surface area (Å²) in [6, 6.07) is 7.75. The van der Waals surface area contributed by atoms with Gasteiger partial charge in [-0.3, -0.25) is 4.79 Å². The van der Waals surface area contributed by atoms with Gasteiger partial charge in [-0.2, -0.15) is 9.98 Å². The number of hydrogen-bond acceptors (Lipinski definition) is 4. The van der Waals surface area contributed by atoms with E-state index in [2.05, 4.69) is 10.8 Å². The molecule has 1 aromatic carbocycles. The molecule has 0 aromatic heterocycles. The minimum atomic E-state index is -3.76. The fourth-order valence-corrected chi connectivity index (χ4v) is 3.45. The minimum absolute atomic E-state index is 0.0598. The van der Waals surface area contributed by atoms with E-state index < -0.39 is 15.6 Å². The molecule has 1 aliphatic carbocycles. The summed E-state index contributed by atoms with van der Waals surface area (Å²) in [6.07, 6.45) is 1.71. The average Bonchev–Trinajstić information content (AvgIpc) is 3.23. The Morgan fingerprint density at radius 2 is 1.90 bits per heavy atom. The highest BCUT2D eigenvalue weighted by Gasteiger charge is 2.44. The Hall–Kier alpha value is -1.71. The number of carbonyl (C=O) groups is 1. The van der Waals surface area contributed by atoms with Gasteiger partial charge in [-0.05, 0) is 44.7 Å². The Morgan fingerprint density at radius 1 is 1.35 bits per heavy atom. The Labute approximate surface area is 118 Å². The minimum Gasteiger partial charge on any atom is -0.295 e. The van der Waals surface area contributed by atoms with Crippen LogP contribution in [0.3, 0.4) is 0 Å². The fourth-order valence-electron chi connectivity index (χ4n) is 2.06. The van der Waals surface area contributed by atoms with Gasteiger partial charge in [0.15, 0.2) is 5.78 Å². The first-order chi connectivity index (χ1) is 9.28. The molecule has 0 aliphatic heterocycles. The van der Waals surface area contributed by atoms with Crippen molar-refractivity contribution in [3.8, 4) is 6.07 Å². The molecule has 1 saturated carbocycles. The van der Waals surface area contributed by atoms with Crippen LogP contribution >= 0.6 is 0 Å². The molecule has 5 nitrogen and oxygen atoms in total. The second kappa shape index (κ2) is 5.00. The topological polar surface area (TPSA) is 87.0 Å². The number of carbonyl (C=O) groups excluding carboxylic acids is 1. The van der Waals surface area contributed by atoms with Gasteiger partial charge in [0.25, 0.3) is 0 Å². The molecule has 6 heteroatoms. The molecule has 106 valence electrons. The lowest BCUT2D eigenvalue weighted by molar-refractivity contribution is 0.101. The maximum absolute atomic E-state index is 12.3. The maximum atomic E-state index is 12.3. The third kappa shape index (κ3) is 2.89. The molecule has 2 rings (SSSR count).